The molecule has 0 aliphatic heterocycles. The molecule has 3 N–H and O–H groups in total. The van der Waals surface area contributed by atoms with Crippen molar-refractivity contribution >= 4 is 5.91 Å². The molecule has 3 rings (SSSR count). The molecule has 1 atom stereocenters. The van der Waals surface area contributed by atoms with Crippen molar-refractivity contribution in [1.29, 1.82) is 0 Å². The lowest BCUT2D eigenvalue weighted by atomic mass is 9.76. The van der Waals surface area contributed by atoms with Crippen LogP contribution in [0.5, 0.6) is 0 Å². The fourth-order valence-electron chi connectivity index (χ4n) is 3.33. The first-order chi connectivity index (χ1) is 12.0. The largest absolute Gasteiger partial charge is 0.393 e. The number of pyridine rings is 1. The SMILES string of the molecule is Cc1[nH]nc(CCC(=O)N[C@H](Cc2ccccn2)C2CC(O)C2)c1C. The molecule has 2 aromatic rings. The van der Waals surface area contributed by atoms with Gasteiger partial charge in [0.05, 0.1) is 11.8 Å². The van der Waals surface area contributed by atoms with E-state index in [1.165, 1.54) is 0 Å². The first-order valence-corrected chi connectivity index (χ1v) is 8.90. The van der Waals surface area contributed by atoms with Gasteiger partial charge in [-0.1, -0.05) is 6.07 Å². The van der Waals surface area contributed by atoms with Gasteiger partial charge in [-0.25, -0.2) is 0 Å². The number of carbonyl (C=O) groups excluding carboxylic acids is 1. The number of nitrogens with zero attached hydrogens (tertiary/aromatic N) is 2. The molecule has 0 saturated heterocycles. The molecule has 25 heavy (non-hydrogen) atoms. The van der Waals surface area contributed by atoms with E-state index in [1.807, 2.05) is 32.0 Å². The summed E-state index contributed by atoms with van der Waals surface area (Å²) in [6.45, 7) is 4.00. The molecule has 6 heteroatoms. The van der Waals surface area contributed by atoms with Crippen LogP contribution in [0.2, 0.25) is 0 Å². The van der Waals surface area contributed by atoms with Gasteiger partial charge in [0.25, 0.3) is 0 Å². The van der Waals surface area contributed by atoms with Crippen LogP contribution in [-0.4, -0.2) is 38.3 Å². The molecular formula is C19H26N4O2. The van der Waals surface area contributed by atoms with E-state index in [1.54, 1.807) is 6.20 Å². The summed E-state index contributed by atoms with van der Waals surface area (Å²) in [6, 6.07) is 5.84. The van der Waals surface area contributed by atoms with Gasteiger partial charge < -0.3 is 10.4 Å². The number of aryl methyl sites for hydroxylation is 2. The average molecular weight is 342 g/mol. The maximum Gasteiger partial charge on any atom is 0.220 e. The second kappa shape index (κ2) is 7.78. The van der Waals surface area contributed by atoms with E-state index in [4.69, 9.17) is 0 Å². The fourth-order valence-corrected chi connectivity index (χ4v) is 3.33. The molecule has 0 unspecified atom stereocenters. The number of rotatable bonds is 7. The zero-order valence-electron chi connectivity index (χ0n) is 14.8. The highest BCUT2D eigenvalue weighted by Crippen LogP contribution is 2.31. The maximum absolute atomic E-state index is 12.4. The van der Waals surface area contributed by atoms with Gasteiger partial charge in [0.15, 0.2) is 0 Å². The van der Waals surface area contributed by atoms with E-state index in [2.05, 4.69) is 20.5 Å². The van der Waals surface area contributed by atoms with Crippen molar-refractivity contribution in [2.45, 2.75) is 58.1 Å². The van der Waals surface area contributed by atoms with Crippen LogP contribution < -0.4 is 5.32 Å². The van der Waals surface area contributed by atoms with Crippen LogP contribution in [-0.2, 0) is 17.6 Å². The highest BCUT2D eigenvalue weighted by Gasteiger charge is 2.34. The number of aromatic amines is 1. The molecule has 0 spiro atoms. The minimum atomic E-state index is -0.234. The Morgan fingerprint density at radius 1 is 1.40 bits per heavy atom. The summed E-state index contributed by atoms with van der Waals surface area (Å²) in [5.74, 6) is 0.345. The summed E-state index contributed by atoms with van der Waals surface area (Å²) in [4.78, 5) is 16.8. The summed E-state index contributed by atoms with van der Waals surface area (Å²) < 4.78 is 0. The molecule has 1 aliphatic rings. The quantitative estimate of drug-likeness (QED) is 0.716. The van der Waals surface area contributed by atoms with E-state index >= 15 is 0 Å². The van der Waals surface area contributed by atoms with Crippen LogP contribution >= 0.6 is 0 Å². The minimum Gasteiger partial charge on any atom is -0.393 e. The Hall–Kier alpha value is -2.21. The van der Waals surface area contributed by atoms with Gasteiger partial charge in [0.1, 0.15) is 0 Å². The molecule has 0 bridgehead atoms. The molecule has 2 aromatic heterocycles. The number of aliphatic hydroxyl groups is 1. The summed E-state index contributed by atoms with van der Waals surface area (Å²) in [7, 11) is 0. The van der Waals surface area contributed by atoms with Gasteiger partial charge in [-0.2, -0.15) is 5.10 Å². The number of aromatic nitrogens is 3. The fraction of sp³-hybridized carbons (Fsp3) is 0.526. The Kier molecular flexibility index (Phi) is 5.48. The highest BCUT2D eigenvalue weighted by atomic mass is 16.3. The molecule has 1 amide bonds. The lowest BCUT2D eigenvalue weighted by Crippen LogP contribution is -2.48. The van der Waals surface area contributed by atoms with E-state index in [9.17, 15) is 9.90 Å². The number of hydrogen-bond acceptors (Lipinski definition) is 4. The molecule has 134 valence electrons. The second-order valence-corrected chi connectivity index (χ2v) is 7.00. The topological polar surface area (TPSA) is 90.9 Å². The minimum absolute atomic E-state index is 0.0211. The van der Waals surface area contributed by atoms with Gasteiger partial charge in [-0.3, -0.25) is 14.9 Å². The van der Waals surface area contributed by atoms with E-state index in [-0.39, 0.29) is 18.1 Å². The Morgan fingerprint density at radius 3 is 2.80 bits per heavy atom. The summed E-state index contributed by atoms with van der Waals surface area (Å²) in [5, 5.41) is 20.0. The molecular weight excluding hydrogens is 316 g/mol. The smallest absolute Gasteiger partial charge is 0.220 e. The second-order valence-electron chi connectivity index (χ2n) is 7.00. The summed E-state index contributed by atoms with van der Waals surface area (Å²) in [5.41, 5.74) is 4.09. The number of H-pyrrole nitrogens is 1. The van der Waals surface area contributed by atoms with Crippen LogP contribution in [0, 0.1) is 19.8 Å². The van der Waals surface area contributed by atoms with Crippen molar-refractivity contribution in [1.82, 2.24) is 20.5 Å². The lowest BCUT2D eigenvalue weighted by molar-refractivity contribution is -0.122. The third-order valence-electron chi connectivity index (χ3n) is 5.16. The van der Waals surface area contributed by atoms with Crippen LogP contribution in [0.4, 0.5) is 0 Å². The van der Waals surface area contributed by atoms with Crippen LogP contribution in [0.1, 0.15) is 41.9 Å². The number of amides is 1. The Bertz CT molecular complexity index is 707. The van der Waals surface area contributed by atoms with Crippen molar-refractivity contribution in [3.05, 3.63) is 47.0 Å². The lowest BCUT2D eigenvalue weighted by Gasteiger charge is -2.38. The predicted molar refractivity (Wildman–Crippen MR) is 95.0 cm³/mol. The van der Waals surface area contributed by atoms with Gasteiger partial charge in [0, 0.05) is 42.9 Å². The third kappa shape index (κ3) is 4.45. The van der Waals surface area contributed by atoms with Crippen LogP contribution in [0.3, 0.4) is 0 Å². The highest BCUT2D eigenvalue weighted by molar-refractivity contribution is 5.76. The predicted octanol–water partition coefficient (Wildman–Crippen LogP) is 1.85. The number of carbonyl (C=O) groups is 1. The van der Waals surface area contributed by atoms with Crippen LogP contribution in [0.25, 0.3) is 0 Å². The maximum atomic E-state index is 12.4. The van der Waals surface area contributed by atoms with Gasteiger partial charge in [-0.15, -0.1) is 0 Å². The number of hydrogen-bond donors (Lipinski definition) is 3. The average Bonchev–Trinajstić information content (AvgIpc) is 2.89. The first-order valence-electron chi connectivity index (χ1n) is 8.90. The summed E-state index contributed by atoms with van der Waals surface area (Å²) in [6.07, 6.45) is 4.77. The molecule has 1 aliphatic carbocycles. The van der Waals surface area contributed by atoms with Crippen molar-refractivity contribution in [3.63, 3.8) is 0 Å². The Morgan fingerprint density at radius 2 is 2.20 bits per heavy atom. The van der Waals surface area contributed by atoms with Crippen molar-refractivity contribution in [2.75, 3.05) is 0 Å². The van der Waals surface area contributed by atoms with E-state index in [0.717, 1.165) is 35.5 Å². The molecule has 1 saturated carbocycles. The summed E-state index contributed by atoms with van der Waals surface area (Å²) >= 11 is 0. The van der Waals surface area contributed by atoms with E-state index in [0.29, 0.717) is 25.2 Å². The molecule has 2 heterocycles. The van der Waals surface area contributed by atoms with Crippen molar-refractivity contribution in [2.24, 2.45) is 5.92 Å². The van der Waals surface area contributed by atoms with Gasteiger partial charge in [-0.05, 0) is 50.3 Å². The monoisotopic (exact) mass is 342 g/mol. The van der Waals surface area contributed by atoms with E-state index < -0.39 is 0 Å². The Labute approximate surface area is 148 Å². The zero-order valence-corrected chi connectivity index (χ0v) is 14.8. The molecule has 1 fully saturated rings. The van der Waals surface area contributed by atoms with Crippen molar-refractivity contribution < 1.29 is 9.90 Å². The third-order valence-corrected chi connectivity index (χ3v) is 5.16. The van der Waals surface area contributed by atoms with Crippen molar-refractivity contribution in [3.8, 4) is 0 Å². The standard InChI is InChI=1S/C19H26N4O2/c1-12-13(2)22-23-17(12)6-7-19(25)21-18(14-9-16(24)10-14)11-15-5-3-4-8-20-15/h3-5,8,14,16,18,24H,6-7,9-11H2,1-2H3,(H,21,25)(H,22,23)/t14?,16?,18-/m1/s1. The number of aliphatic hydroxyl groups excluding tert-OH is 1. The first kappa shape index (κ1) is 17.6. The molecule has 6 nitrogen and oxygen atoms in total. The zero-order chi connectivity index (χ0) is 17.8. The normalized spacial score (nSPS) is 20.8. The van der Waals surface area contributed by atoms with Crippen LogP contribution in [0.15, 0.2) is 24.4 Å². The Balaban J connectivity index is 1.57. The van der Waals surface area contributed by atoms with Gasteiger partial charge in [0.2, 0.25) is 5.91 Å². The van der Waals surface area contributed by atoms with Gasteiger partial charge >= 0.3 is 0 Å². The number of nitrogens with one attached hydrogen (secondary N) is 2. The molecule has 0 aromatic carbocycles. The molecule has 0 radical (unpaired) electrons.